The fraction of sp³-hybridized carbons (Fsp3) is 0.250. The van der Waals surface area contributed by atoms with Crippen LogP contribution in [0.1, 0.15) is 22.9 Å². The van der Waals surface area contributed by atoms with Crippen molar-refractivity contribution in [2.45, 2.75) is 12.5 Å². The molecule has 1 atom stereocenters. The summed E-state index contributed by atoms with van der Waals surface area (Å²) in [7, 11) is 2.95. The van der Waals surface area contributed by atoms with Crippen molar-refractivity contribution in [1.82, 2.24) is 10.3 Å². The minimum Gasteiger partial charge on any atom is -0.497 e. The Morgan fingerprint density at radius 2 is 1.96 bits per heavy atom. The summed E-state index contributed by atoms with van der Waals surface area (Å²) in [4.78, 5) is 14.7. The molecule has 3 aromatic rings. The first-order valence-corrected chi connectivity index (χ1v) is 8.37. The number of fused-ring (bicyclic) bond motifs is 1. The number of methoxy groups -OCH3 is 2. The normalized spacial score (nSPS) is 12.0. The number of hydrogen-bond acceptors (Lipinski definition) is 4. The number of aliphatic hydroxyl groups is 1. The second-order valence-electron chi connectivity index (χ2n) is 5.91. The molecular formula is C20H22N2O4. The summed E-state index contributed by atoms with van der Waals surface area (Å²) in [5, 5.41) is 14.5. The number of aromatic nitrogens is 1. The lowest BCUT2D eigenvalue weighted by molar-refractivity contribution is 0.171. The van der Waals surface area contributed by atoms with Crippen molar-refractivity contribution in [2.24, 2.45) is 0 Å². The van der Waals surface area contributed by atoms with Gasteiger partial charge in [-0.1, -0.05) is 30.3 Å². The molecule has 3 N–H and O–H groups in total. The zero-order valence-corrected chi connectivity index (χ0v) is 14.8. The predicted molar refractivity (Wildman–Crippen MR) is 99.5 cm³/mol. The van der Waals surface area contributed by atoms with E-state index in [-0.39, 0.29) is 0 Å². The van der Waals surface area contributed by atoms with E-state index in [2.05, 4.69) is 15.0 Å². The minimum absolute atomic E-state index is 0.394. The Hall–Kier alpha value is -2.99. The summed E-state index contributed by atoms with van der Waals surface area (Å²) in [5.74, 6) is 0.736. The molecule has 3 rings (SSSR count). The largest absolute Gasteiger partial charge is 0.497 e. The number of nitrogens with one attached hydrogen (secondary N) is 2. The first-order chi connectivity index (χ1) is 12.6. The monoisotopic (exact) mass is 354 g/mol. The highest BCUT2D eigenvalue weighted by Gasteiger charge is 2.20. The molecule has 0 aliphatic carbocycles. The molecule has 0 bridgehead atoms. The third kappa shape index (κ3) is 3.65. The maximum atomic E-state index is 11.3. The second-order valence-corrected chi connectivity index (χ2v) is 5.91. The van der Waals surface area contributed by atoms with Gasteiger partial charge in [-0.15, -0.1) is 0 Å². The Balaban J connectivity index is 2.00. The molecule has 0 aliphatic heterocycles. The van der Waals surface area contributed by atoms with Crippen LogP contribution in [0.25, 0.3) is 10.9 Å². The van der Waals surface area contributed by atoms with Gasteiger partial charge in [-0.3, -0.25) is 0 Å². The molecule has 136 valence electrons. The van der Waals surface area contributed by atoms with Gasteiger partial charge in [0.25, 0.3) is 0 Å². The minimum atomic E-state index is -0.789. The van der Waals surface area contributed by atoms with Crippen molar-refractivity contribution in [3.63, 3.8) is 0 Å². The lowest BCUT2D eigenvalue weighted by atomic mass is 10.00. The number of rotatable bonds is 6. The molecule has 6 heteroatoms. The van der Waals surface area contributed by atoms with Crippen LogP contribution in [0.4, 0.5) is 4.79 Å². The highest BCUT2D eigenvalue weighted by Crippen LogP contribution is 2.32. The highest BCUT2D eigenvalue weighted by atomic mass is 16.5. The molecule has 2 aromatic carbocycles. The quantitative estimate of drug-likeness (QED) is 0.635. The molecule has 0 aliphatic rings. The van der Waals surface area contributed by atoms with E-state index in [1.807, 2.05) is 48.5 Å². The average Bonchev–Trinajstić information content (AvgIpc) is 3.05. The summed E-state index contributed by atoms with van der Waals surface area (Å²) in [6, 6.07) is 15.2. The van der Waals surface area contributed by atoms with E-state index in [1.54, 1.807) is 7.11 Å². The number of H-pyrrole nitrogens is 1. The predicted octanol–water partition coefficient (Wildman–Crippen LogP) is 3.16. The molecule has 0 spiro atoms. The number of aromatic amines is 1. The molecule has 6 nitrogen and oxygen atoms in total. The fourth-order valence-electron chi connectivity index (χ4n) is 3.04. The molecule has 1 amide bonds. The van der Waals surface area contributed by atoms with Gasteiger partial charge in [0.15, 0.2) is 0 Å². The molecule has 0 saturated carbocycles. The van der Waals surface area contributed by atoms with E-state index >= 15 is 0 Å². The number of benzene rings is 2. The van der Waals surface area contributed by atoms with Gasteiger partial charge in [0.05, 0.1) is 19.9 Å². The molecule has 1 unspecified atom stereocenters. The lowest BCUT2D eigenvalue weighted by Gasteiger charge is -2.13. The number of amides is 1. The third-order valence-corrected chi connectivity index (χ3v) is 4.36. The van der Waals surface area contributed by atoms with Crippen LogP contribution < -0.4 is 10.1 Å². The molecule has 0 saturated heterocycles. The average molecular weight is 354 g/mol. The van der Waals surface area contributed by atoms with Crippen LogP contribution in [-0.2, 0) is 11.2 Å². The number of ether oxygens (including phenoxy) is 2. The van der Waals surface area contributed by atoms with E-state index in [4.69, 9.17) is 4.74 Å². The standard InChI is InChI=1S/C20H22N2O4/c1-25-14-8-9-17-16(12-14)15(10-11-21-20(24)26-2)18(22-17)19(23)13-6-4-3-5-7-13/h3-9,12,19,22-23H,10-11H2,1-2H3,(H,21,24). The first kappa shape index (κ1) is 17.8. The Labute approximate surface area is 151 Å². The zero-order valence-electron chi connectivity index (χ0n) is 14.8. The summed E-state index contributed by atoms with van der Waals surface area (Å²) < 4.78 is 9.94. The Kier molecular flexibility index (Phi) is 5.43. The van der Waals surface area contributed by atoms with E-state index in [0.29, 0.717) is 18.7 Å². The van der Waals surface area contributed by atoms with Gasteiger partial charge >= 0.3 is 6.09 Å². The summed E-state index contributed by atoms with van der Waals surface area (Å²) in [6.45, 7) is 0.394. The zero-order chi connectivity index (χ0) is 18.5. The number of carbonyl (C=O) groups is 1. The molecule has 0 fully saturated rings. The van der Waals surface area contributed by atoms with Crippen molar-refractivity contribution in [1.29, 1.82) is 0 Å². The number of hydrogen-bond donors (Lipinski definition) is 3. The number of aliphatic hydroxyl groups excluding tert-OH is 1. The number of alkyl carbamates (subject to hydrolysis) is 1. The second kappa shape index (κ2) is 7.93. The van der Waals surface area contributed by atoms with E-state index in [1.165, 1.54) is 7.11 Å². The first-order valence-electron chi connectivity index (χ1n) is 8.37. The molecule has 1 heterocycles. The fourth-order valence-corrected chi connectivity index (χ4v) is 3.04. The Morgan fingerprint density at radius 1 is 1.19 bits per heavy atom. The van der Waals surface area contributed by atoms with Crippen molar-refractivity contribution in [3.8, 4) is 5.75 Å². The van der Waals surface area contributed by atoms with Crippen molar-refractivity contribution in [3.05, 3.63) is 65.4 Å². The molecule has 26 heavy (non-hydrogen) atoms. The summed E-state index contributed by atoms with van der Waals surface area (Å²) >= 11 is 0. The number of carbonyl (C=O) groups excluding carboxylic acids is 1. The van der Waals surface area contributed by atoms with Gasteiger partial charge in [0.2, 0.25) is 0 Å². The molecular weight excluding hydrogens is 332 g/mol. The van der Waals surface area contributed by atoms with Crippen LogP contribution in [0.3, 0.4) is 0 Å². The lowest BCUT2D eigenvalue weighted by Crippen LogP contribution is -2.25. The van der Waals surface area contributed by atoms with Gasteiger partial charge in [-0.05, 0) is 35.7 Å². The van der Waals surface area contributed by atoms with Crippen molar-refractivity contribution in [2.75, 3.05) is 20.8 Å². The highest BCUT2D eigenvalue weighted by molar-refractivity contribution is 5.86. The van der Waals surface area contributed by atoms with Gasteiger partial charge in [0.1, 0.15) is 11.9 Å². The van der Waals surface area contributed by atoms with Gasteiger partial charge in [-0.25, -0.2) is 4.79 Å². The topological polar surface area (TPSA) is 83.6 Å². The van der Waals surface area contributed by atoms with E-state index in [9.17, 15) is 9.90 Å². The summed E-state index contributed by atoms with van der Waals surface area (Å²) in [6.07, 6.45) is -0.725. The Morgan fingerprint density at radius 3 is 2.65 bits per heavy atom. The third-order valence-electron chi connectivity index (χ3n) is 4.36. The van der Waals surface area contributed by atoms with Crippen LogP contribution in [0.15, 0.2) is 48.5 Å². The maximum Gasteiger partial charge on any atom is 0.406 e. The molecule has 0 radical (unpaired) electrons. The maximum absolute atomic E-state index is 11.3. The van der Waals surface area contributed by atoms with Crippen molar-refractivity contribution < 1.29 is 19.4 Å². The van der Waals surface area contributed by atoms with Gasteiger partial charge in [-0.2, -0.15) is 0 Å². The van der Waals surface area contributed by atoms with Crippen molar-refractivity contribution >= 4 is 17.0 Å². The SMILES string of the molecule is COC(=O)NCCc1c(C(O)c2ccccc2)[nH]c2ccc(OC)cc12. The van der Waals surface area contributed by atoms with Crippen LogP contribution in [0.5, 0.6) is 5.75 Å². The molecule has 1 aromatic heterocycles. The van der Waals surface area contributed by atoms with Crippen LogP contribution in [-0.4, -0.2) is 36.9 Å². The smallest absolute Gasteiger partial charge is 0.406 e. The van der Waals surface area contributed by atoms with Gasteiger partial charge < -0.3 is 24.9 Å². The van der Waals surface area contributed by atoms with Crippen LogP contribution >= 0.6 is 0 Å². The Bertz CT molecular complexity index is 889. The van der Waals surface area contributed by atoms with E-state index in [0.717, 1.165) is 27.8 Å². The van der Waals surface area contributed by atoms with Gasteiger partial charge in [0, 0.05) is 17.4 Å². The van der Waals surface area contributed by atoms with Crippen LogP contribution in [0.2, 0.25) is 0 Å². The van der Waals surface area contributed by atoms with E-state index < -0.39 is 12.2 Å². The summed E-state index contributed by atoms with van der Waals surface area (Å²) in [5.41, 5.74) is 3.36. The van der Waals surface area contributed by atoms with Crippen LogP contribution in [0, 0.1) is 0 Å².